The first-order valence-corrected chi connectivity index (χ1v) is 6.03. The fourth-order valence-electron chi connectivity index (χ4n) is 2.25. The van der Waals surface area contributed by atoms with Gasteiger partial charge in [0.05, 0.1) is 11.4 Å². The molecule has 17 heavy (non-hydrogen) atoms. The third kappa shape index (κ3) is 1.68. The predicted molar refractivity (Wildman–Crippen MR) is 73.3 cm³/mol. The number of para-hydroxylation sites is 4. The van der Waals surface area contributed by atoms with Crippen molar-refractivity contribution < 1.29 is 4.74 Å². The van der Waals surface area contributed by atoms with Crippen LogP contribution in [0, 0.1) is 0 Å². The summed E-state index contributed by atoms with van der Waals surface area (Å²) >= 11 is 0. The highest BCUT2D eigenvalue weighted by molar-refractivity contribution is 6.09. The summed E-state index contributed by atoms with van der Waals surface area (Å²) in [6.45, 7) is 1.01. The molecule has 3 rings (SSSR count). The normalized spacial score (nSPS) is 12.6. The summed E-state index contributed by atoms with van der Waals surface area (Å²) in [4.78, 5) is 2.33. The number of hydrogen-bond donors (Lipinski definition) is 0. The molecule has 0 saturated carbocycles. The zero-order valence-electron chi connectivity index (χ0n) is 9.89. The minimum atomic E-state index is 0.944. The molecule has 0 atom stereocenters. The molecule has 3 heteroatoms. The lowest BCUT2D eigenvalue weighted by molar-refractivity contribution is 0.474. The van der Waals surface area contributed by atoms with Crippen LogP contribution in [-0.4, -0.2) is 14.4 Å². The van der Waals surface area contributed by atoms with Gasteiger partial charge in [0, 0.05) is 6.54 Å². The van der Waals surface area contributed by atoms with Crippen molar-refractivity contribution in [2.24, 2.45) is 0 Å². The van der Waals surface area contributed by atoms with E-state index in [2.05, 4.69) is 37.0 Å². The molecule has 2 aromatic rings. The number of fused-ring (bicyclic) bond motifs is 2. The Morgan fingerprint density at radius 3 is 1.94 bits per heavy atom. The van der Waals surface area contributed by atoms with Gasteiger partial charge in [-0.1, -0.05) is 30.6 Å². The van der Waals surface area contributed by atoms with Crippen LogP contribution >= 0.6 is 0 Å². The molecule has 0 N–H and O–H groups in total. The van der Waals surface area contributed by atoms with Crippen LogP contribution in [-0.2, 0) is 0 Å². The van der Waals surface area contributed by atoms with Gasteiger partial charge in [-0.05, 0) is 24.3 Å². The minimum absolute atomic E-state index is 0.944. The van der Waals surface area contributed by atoms with E-state index < -0.39 is 0 Å². The molecule has 0 aliphatic carbocycles. The molecule has 2 aromatic carbocycles. The molecule has 1 aliphatic rings. The Morgan fingerprint density at radius 1 is 0.882 bits per heavy atom. The van der Waals surface area contributed by atoms with Gasteiger partial charge in [-0.2, -0.15) is 0 Å². The molecule has 2 nitrogen and oxygen atoms in total. The van der Waals surface area contributed by atoms with Crippen molar-refractivity contribution >= 4 is 19.2 Å². The molecule has 0 aromatic heterocycles. The van der Waals surface area contributed by atoms with Crippen molar-refractivity contribution in [1.29, 1.82) is 0 Å². The number of benzene rings is 2. The molecule has 1 aliphatic heterocycles. The van der Waals surface area contributed by atoms with Crippen LogP contribution in [0.1, 0.15) is 0 Å². The van der Waals surface area contributed by atoms with Crippen LogP contribution in [0.25, 0.3) is 0 Å². The predicted octanol–water partition coefficient (Wildman–Crippen LogP) is 2.98. The SMILES string of the molecule is BCCN1c2ccccc2Oc2ccccc21. The Kier molecular flexibility index (Phi) is 2.52. The molecule has 0 spiro atoms. The molecule has 0 saturated heterocycles. The number of nitrogens with zero attached hydrogens (tertiary/aromatic N) is 1. The van der Waals surface area contributed by atoms with Gasteiger partial charge in [0.25, 0.3) is 0 Å². The molecule has 84 valence electrons. The molecule has 0 fully saturated rings. The van der Waals surface area contributed by atoms with Gasteiger partial charge in [-0.25, -0.2) is 0 Å². The van der Waals surface area contributed by atoms with Crippen molar-refractivity contribution in [2.45, 2.75) is 6.32 Å². The van der Waals surface area contributed by atoms with Crippen LogP contribution in [0.5, 0.6) is 11.5 Å². The first kappa shape index (κ1) is 10.3. The number of ether oxygens (including phenoxy) is 1. The lowest BCUT2D eigenvalue weighted by Crippen LogP contribution is -2.21. The quantitative estimate of drug-likeness (QED) is 0.725. The zero-order valence-corrected chi connectivity index (χ0v) is 9.89. The standard InChI is InChI=1S/C14H14BNO/c15-9-10-16-11-5-1-3-7-13(11)17-14-8-4-2-6-12(14)16/h1-8H,9-10,15H2. The van der Waals surface area contributed by atoms with E-state index in [0.717, 1.165) is 35.7 Å². The van der Waals surface area contributed by atoms with E-state index in [0.29, 0.717) is 0 Å². The van der Waals surface area contributed by atoms with Gasteiger partial charge < -0.3 is 9.64 Å². The van der Waals surface area contributed by atoms with E-state index in [-0.39, 0.29) is 0 Å². The second kappa shape index (κ2) is 4.17. The summed E-state index contributed by atoms with van der Waals surface area (Å²) in [6, 6.07) is 16.4. The van der Waals surface area contributed by atoms with Gasteiger partial charge in [-0.3, -0.25) is 0 Å². The summed E-state index contributed by atoms with van der Waals surface area (Å²) in [5.41, 5.74) is 2.32. The van der Waals surface area contributed by atoms with Crippen molar-refractivity contribution in [1.82, 2.24) is 0 Å². The van der Waals surface area contributed by atoms with Crippen LogP contribution in [0.15, 0.2) is 48.5 Å². The Balaban J connectivity index is 2.13. The highest BCUT2D eigenvalue weighted by Crippen LogP contribution is 2.45. The zero-order chi connectivity index (χ0) is 11.7. The first-order chi connectivity index (χ1) is 8.40. The highest BCUT2D eigenvalue weighted by atomic mass is 16.5. The number of hydrogen-bond acceptors (Lipinski definition) is 2. The van der Waals surface area contributed by atoms with Gasteiger partial charge in [-0.15, -0.1) is 0 Å². The summed E-state index contributed by atoms with van der Waals surface area (Å²) in [6.07, 6.45) is 1.11. The molecule has 0 amide bonds. The maximum Gasteiger partial charge on any atom is 0.151 e. The Morgan fingerprint density at radius 2 is 1.41 bits per heavy atom. The first-order valence-electron chi connectivity index (χ1n) is 6.03. The third-order valence-electron chi connectivity index (χ3n) is 2.98. The van der Waals surface area contributed by atoms with Crippen molar-refractivity contribution in [3.63, 3.8) is 0 Å². The average molecular weight is 223 g/mol. The Hall–Kier alpha value is -1.90. The van der Waals surface area contributed by atoms with Gasteiger partial charge in [0.1, 0.15) is 7.85 Å². The van der Waals surface area contributed by atoms with E-state index in [9.17, 15) is 0 Å². The van der Waals surface area contributed by atoms with E-state index >= 15 is 0 Å². The largest absolute Gasteiger partial charge is 0.453 e. The van der Waals surface area contributed by atoms with Crippen molar-refractivity contribution in [2.75, 3.05) is 11.4 Å². The summed E-state index contributed by atoms with van der Waals surface area (Å²) in [5, 5.41) is 0. The second-order valence-corrected chi connectivity index (χ2v) is 4.19. The molecule has 1 heterocycles. The van der Waals surface area contributed by atoms with E-state index in [4.69, 9.17) is 4.74 Å². The Labute approximate surface area is 102 Å². The van der Waals surface area contributed by atoms with Crippen molar-refractivity contribution in [3.8, 4) is 11.5 Å². The molecule has 0 unspecified atom stereocenters. The third-order valence-corrected chi connectivity index (χ3v) is 2.98. The van der Waals surface area contributed by atoms with Crippen LogP contribution in [0.2, 0.25) is 6.32 Å². The smallest absolute Gasteiger partial charge is 0.151 e. The van der Waals surface area contributed by atoms with E-state index in [1.165, 1.54) is 0 Å². The van der Waals surface area contributed by atoms with E-state index in [1.54, 1.807) is 0 Å². The second-order valence-electron chi connectivity index (χ2n) is 4.19. The molecular formula is C14H14BNO. The highest BCUT2D eigenvalue weighted by Gasteiger charge is 2.22. The fraction of sp³-hybridized carbons (Fsp3) is 0.143. The Bertz CT molecular complexity index is 496. The summed E-state index contributed by atoms with van der Waals surface area (Å²) in [5.74, 6) is 1.89. The lowest BCUT2D eigenvalue weighted by Gasteiger charge is -2.32. The number of anilines is 2. The maximum atomic E-state index is 5.91. The molecule has 0 radical (unpaired) electrons. The summed E-state index contributed by atoms with van der Waals surface area (Å²) < 4.78 is 5.91. The summed E-state index contributed by atoms with van der Waals surface area (Å²) in [7, 11) is 2.20. The van der Waals surface area contributed by atoms with Crippen molar-refractivity contribution in [3.05, 3.63) is 48.5 Å². The van der Waals surface area contributed by atoms with Crippen LogP contribution < -0.4 is 9.64 Å². The maximum absolute atomic E-state index is 5.91. The minimum Gasteiger partial charge on any atom is -0.453 e. The monoisotopic (exact) mass is 223 g/mol. The topological polar surface area (TPSA) is 12.5 Å². The fourth-order valence-corrected chi connectivity index (χ4v) is 2.25. The lowest BCUT2D eigenvalue weighted by atomic mass is 10.0. The molecular weight excluding hydrogens is 209 g/mol. The number of rotatable bonds is 2. The van der Waals surface area contributed by atoms with Gasteiger partial charge >= 0.3 is 0 Å². The van der Waals surface area contributed by atoms with Crippen LogP contribution in [0.3, 0.4) is 0 Å². The average Bonchev–Trinajstić information content (AvgIpc) is 2.39. The van der Waals surface area contributed by atoms with Crippen LogP contribution in [0.4, 0.5) is 11.4 Å². The molecule has 0 bridgehead atoms. The van der Waals surface area contributed by atoms with Gasteiger partial charge in [0.2, 0.25) is 0 Å². The van der Waals surface area contributed by atoms with E-state index in [1.807, 2.05) is 24.3 Å². The van der Waals surface area contributed by atoms with Gasteiger partial charge in [0.15, 0.2) is 11.5 Å².